The van der Waals surface area contributed by atoms with E-state index in [1.807, 2.05) is 0 Å². The Hall–Kier alpha value is -0.390. The van der Waals surface area contributed by atoms with E-state index in [2.05, 4.69) is 10.9 Å². The van der Waals surface area contributed by atoms with E-state index in [0.29, 0.717) is 0 Å². The molecule has 0 radical (unpaired) electrons. The van der Waals surface area contributed by atoms with E-state index in [1.165, 1.54) is 0 Å². The Bertz CT molecular complexity index is 144. The first-order valence-corrected chi connectivity index (χ1v) is 3.04. The molecular formula is C3H3F2O2P. The molecule has 0 fully saturated rings. The number of rotatable bonds is 2. The highest BCUT2D eigenvalue weighted by molar-refractivity contribution is 7.47. The van der Waals surface area contributed by atoms with Crippen LogP contribution in [0.2, 0.25) is 0 Å². The van der Waals surface area contributed by atoms with Crippen LogP contribution in [-0.4, -0.2) is 6.61 Å². The average molecular weight is 140 g/mol. The Morgan fingerprint density at radius 1 is 1.75 bits per heavy atom. The molecule has 0 aliphatic carbocycles. The second-order valence-corrected chi connectivity index (χ2v) is 1.98. The second-order valence-electron chi connectivity index (χ2n) is 0.892. The van der Waals surface area contributed by atoms with E-state index in [0.717, 1.165) is 0 Å². The molecule has 0 atom stereocenters. The van der Waals surface area contributed by atoms with Crippen molar-refractivity contribution in [3.8, 4) is 12.3 Å². The first-order chi connectivity index (χ1) is 3.56. The molecule has 0 rings (SSSR count). The van der Waals surface area contributed by atoms with Gasteiger partial charge >= 0.3 is 7.99 Å². The Kier molecular flexibility index (Phi) is 2.67. The molecule has 2 nitrogen and oxygen atoms in total. The Morgan fingerprint density at radius 2 is 2.25 bits per heavy atom. The smallest absolute Gasteiger partial charge is 0.267 e. The third kappa shape index (κ3) is 5.61. The molecule has 0 unspecified atom stereocenters. The van der Waals surface area contributed by atoms with Gasteiger partial charge < -0.3 is 0 Å². The van der Waals surface area contributed by atoms with Crippen LogP contribution >= 0.6 is 7.99 Å². The minimum absolute atomic E-state index is 0.607. The van der Waals surface area contributed by atoms with Crippen molar-refractivity contribution in [2.45, 2.75) is 0 Å². The number of hydrogen-bond acceptors (Lipinski definition) is 2. The van der Waals surface area contributed by atoms with Gasteiger partial charge in [0, 0.05) is 0 Å². The Labute approximate surface area is 45.5 Å². The van der Waals surface area contributed by atoms with Gasteiger partial charge in [-0.3, -0.25) is 4.52 Å². The lowest BCUT2D eigenvalue weighted by Crippen LogP contribution is -1.79. The summed E-state index contributed by atoms with van der Waals surface area (Å²) < 4.78 is 35.0. The van der Waals surface area contributed by atoms with Crippen LogP contribution in [0.25, 0.3) is 0 Å². The Balaban J connectivity index is 3.45. The van der Waals surface area contributed by atoms with Gasteiger partial charge in [0.25, 0.3) is 0 Å². The maximum Gasteiger partial charge on any atom is 0.552 e. The molecule has 0 bridgehead atoms. The molecule has 0 saturated heterocycles. The largest absolute Gasteiger partial charge is 0.552 e. The van der Waals surface area contributed by atoms with Crippen LogP contribution in [-0.2, 0) is 9.09 Å². The molecule has 0 aliphatic heterocycles. The molecule has 0 aromatic carbocycles. The zero-order valence-corrected chi connectivity index (χ0v) is 4.70. The fourth-order valence-electron chi connectivity index (χ4n) is 0.112. The summed E-state index contributed by atoms with van der Waals surface area (Å²) in [5.41, 5.74) is 0. The molecule has 0 amide bonds. The van der Waals surface area contributed by atoms with Gasteiger partial charge in [0.1, 0.15) is 6.61 Å². The van der Waals surface area contributed by atoms with E-state index < -0.39 is 14.6 Å². The third-order valence-corrected chi connectivity index (χ3v) is 0.728. The first kappa shape index (κ1) is 7.61. The van der Waals surface area contributed by atoms with Gasteiger partial charge in [0.2, 0.25) is 0 Å². The SMILES string of the molecule is C#CCOP(=O)(F)F. The van der Waals surface area contributed by atoms with Gasteiger partial charge in [0.05, 0.1) is 0 Å². The summed E-state index contributed by atoms with van der Waals surface area (Å²) in [6.45, 7) is -0.607. The summed E-state index contributed by atoms with van der Waals surface area (Å²) >= 11 is 0. The lowest BCUT2D eigenvalue weighted by atomic mass is 10.8. The molecule has 5 heteroatoms. The van der Waals surface area contributed by atoms with E-state index in [9.17, 15) is 13.0 Å². The first-order valence-electron chi connectivity index (χ1n) is 1.63. The molecular weight excluding hydrogens is 137 g/mol. The quantitative estimate of drug-likeness (QED) is 0.430. The minimum Gasteiger partial charge on any atom is -0.267 e. The van der Waals surface area contributed by atoms with E-state index in [-0.39, 0.29) is 0 Å². The molecule has 0 N–H and O–H groups in total. The molecule has 8 heavy (non-hydrogen) atoms. The van der Waals surface area contributed by atoms with Crippen LogP contribution in [0.3, 0.4) is 0 Å². The highest BCUT2D eigenvalue weighted by Crippen LogP contribution is 2.49. The average Bonchev–Trinajstić information content (AvgIpc) is 1.59. The number of halogens is 2. The monoisotopic (exact) mass is 140 g/mol. The maximum atomic E-state index is 11.1. The van der Waals surface area contributed by atoms with Crippen molar-refractivity contribution in [3.63, 3.8) is 0 Å². The van der Waals surface area contributed by atoms with Gasteiger partial charge in [-0.25, -0.2) is 4.57 Å². The van der Waals surface area contributed by atoms with Gasteiger partial charge in [-0.15, -0.1) is 14.8 Å². The Morgan fingerprint density at radius 3 is 2.38 bits per heavy atom. The summed E-state index contributed by atoms with van der Waals surface area (Å²) in [5.74, 6) is 1.75. The van der Waals surface area contributed by atoms with Crippen LogP contribution in [0, 0.1) is 12.3 Å². The van der Waals surface area contributed by atoms with Crippen molar-refractivity contribution >= 4 is 7.99 Å². The number of terminal acetylenes is 1. The predicted octanol–water partition coefficient (Wildman–Crippen LogP) is 1.68. The van der Waals surface area contributed by atoms with E-state index in [1.54, 1.807) is 5.92 Å². The van der Waals surface area contributed by atoms with Crippen molar-refractivity contribution in [2.24, 2.45) is 0 Å². The molecule has 0 saturated carbocycles. The highest BCUT2D eigenvalue weighted by atomic mass is 31.2. The molecule has 0 spiro atoms. The second kappa shape index (κ2) is 2.81. The van der Waals surface area contributed by atoms with Crippen molar-refractivity contribution in [1.29, 1.82) is 0 Å². The molecule has 0 aliphatic rings. The summed E-state index contributed by atoms with van der Waals surface area (Å²) in [4.78, 5) is 0. The van der Waals surface area contributed by atoms with Gasteiger partial charge in [0.15, 0.2) is 0 Å². The fraction of sp³-hybridized carbons (Fsp3) is 0.333. The van der Waals surface area contributed by atoms with Crippen molar-refractivity contribution < 1.29 is 17.5 Å². The lowest BCUT2D eigenvalue weighted by molar-refractivity contribution is 0.289. The van der Waals surface area contributed by atoms with Gasteiger partial charge in [-0.2, -0.15) is 0 Å². The highest BCUT2D eigenvalue weighted by Gasteiger charge is 2.18. The zero-order valence-electron chi connectivity index (χ0n) is 3.80. The van der Waals surface area contributed by atoms with Gasteiger partial charge in [-0.05, 0) is 0 Å². The van der Waals surface area contributed by atoms with Crippen molar-refractivity contribution in [1.82, 2.24) is 0 Å². The summed E-state index contributed by atoms with van der Waals surface area (Å²) in [6.07, 6.45) is 4.51. The van der Waals surface area contributed by atoms with E-state index in [4.69, 9.17) is 0 Å². The van der Waals surface area contributed by atoms with Crippen molar-refractivity contribution in [2.75, 3.05) is 6.61 Å². The normalized spacial score (nSPS) is 10.6. The predicted molar refractivity (Wildman–Crippen MR) is 24.6 cm³/mol. The third-order valence-electron chi connectivity index (χ3n) is 0.298. The van der Waals surface area contributed by atoms with Gasteiger partial charge in [-0.1, -0.05) is 5.92 Å². The van der Waals surface area contributed by atoms with Crippen LogP contribution in [0.5, 0.6) is 0 Å². The molecule has 46 valence electrons. The van der Waals surface area contributed by atoms with Crippen LogP contribution in [0.15, 0.2) is 0 Å². The van der Waals surface area contributed by atoms with Crippen LogP contribution in [0.1, 0.15) is 0 Å². The molecule has 0 aromatic rings. The maximum absolute atomic E-state index is 11.1. The lowest BCUT2D eigenvalue weighted by Gasteiger charge is -1.91. The van der Waals surface area contributed by atoms with E-state index >= 15 is 0 Å². The summed E-state index contributed by atoms with van der Waals surface area (Å²) in [7, 11) is -5.32. The fourth-order valence-corrected chi connectivity index (χ4v) is 0.337. The zero-order chi connectivity index (χ0) is 6.62. The summed E-state index contributed by atoms with van der Waals surface area (Å²) in [5, 5.41) is 0. The number of hydrogen-bond donors (Lipinski definition) is 0. The molecule has 0 aromatic heterocycles. The molecule has 0 heterocycles. The standard InChI is InChI=1S/C3H3F2O2P/c1-2-3-7-8(4,5)6/h1H,3H2. The summed E-state index contributed by atoms with van der Waals surface area (Å²) in [6, 6.07) is 0. The minimum atomic E-state index is -5.32. The van der Waals surface area contributed by atoms with Crippen LogP contribution < -0.4 is 0 Å². The van der Waals surface area contributed by atoms with Crippen LogP contribution in [0.4, 0.5) is 8.39 Å². The topological polar surface area (TPSA) is 26.3 Å². The van der Waals surface area contributed by atoms with Crippen molar-refractivity contribution in [3.05, 3.63) is 0 Å².